The third-order valence-electron chi connectivity index (χ3n) is 3.65. The molecule has 100 valence electrons. The highest BCUT2D eigenvalue weighted by molar-refractivity contribution is 5.30. The highest BCUT2D eigenvalue weighted by atomic mass is 15.3. The molecule has 2 heterocycles. The van der Waals surface area contributed by atoms with Crippen LogP contribution in [0.25, 0.3) is 5.82 Å². The lowest BCUT2D eigenvalue weighted by Crippen LogP contribution is -2.20. The van der Waals surface area contributed by atoms with Crippen LogP contribution in [0.2, 0.25) is 0 Å². The maximum atomic E-state index is 4.52. The molecule has 0 aromatic carbocycles. The van der Waals surface area contributed by atoms with Crippen LogP contribution in [0.3, 0.4) is 0 Å². The number of hydrogen-bond acceptors (Lipinski definition) is 4. The fraction of sp³-hybridized carbons (Fsp3) is 0.500. The summed E-state index contributed by atoms with van der Waals surface area (Å²) < 4.78 is 1.94. The Hall–Kier alpha value is -1.75. The monoisotopic (exact) mass is 257 g/mol. The molecule has 0 aliphatic heterocycles. The van der Waals surface area contributed by atoms with Gasteiger partial charge in [0, 0.05) is 24.0 Å². The zero-order valence-electron chi connectivity index (χ0n) is 11.2. The number of nitrogens with one attached hydrogen (secondary N) is 1. The van der Waals surface area contributed by atoms with E-state index in [4.69, 9.17) is 0 Å². The Balaban J connectivity index is 2.01. The normalized spacial score (nSPS) is 18.9. The maximum absolute atomic E-state index is 4.52. The summed E-state index contributed by atoms with van der Waals surface area (Å²) in [5.74, 6) is 0.806. The smallest absolute Gasteiger partial charge is 0.172 e. The SMILES string of the molecule is CCNC1CCCCc2c1cnn2-c1cnccn1. The van der Waals surface area contributed by atoms with Crippen molar-refractivity contribution in [1.29, 1.82) is 0 Å². The molecule has 0 radical (unpaired) electrons. The van der Waals surface area contributed by atoms with Gasteiger partial charge in [0.15, 0.2) is 5.82 Å². The lowest BCUT2D eigenvalue weighted by molar-refractivity contribution is 0.503. The van der Waals surface area contributed by atoms with Gasteiger partial charge in [0.25, 0.3) is 0 Å². The van der Waals surface area contributed by atoms with Gasteiger partial charge in [-0.15, -0.1) is 0 Å². The number of aromatic nitrogens is 4. The Morgan fingerprint density at radius 3 is 3.05 bits per heavy atom. The summed E-state index contributed by atoms with van der Waals surface area (Å²) in [6.07, 6.45) is 11.9. The van der Waals surface area contributed by atoms with Crippen molar-refractivity contribution >= 4 is 0 Å². The van der Waals surface area contributed by atoms with Gasteiger partial charge < -0.3 is 5.32 Å². The molecule has 0 amide bonds. The van der Waals surface area contributed by atoms with Crippen LogP contribution in [0.15, 0.2) is 24.8 Å². The Labute approximate surface area is 113 Å². The molecule has 1 aliphatic carbocycles. The van der Waals surface area contributed by atoms with Crippen molar-refractivity contribution in [3.8, 4) is 5.82 Å². The van der Waals surface area contributed by atoms with Gasteiger partial charge in [0.1, 0.15) is 0 Å². The molecule has 0 bridgehead atoms. The van der Waals surface area contributed by atoms with Crippen LogP contribution in [0, 0.1) is 0 Å². The summed E-state index contributed by atoms with van der Waals surface area (Å²) in [7, 11) is 0. The minimum atomic E-state index is 0.424. The van der Waals surface area contributed by atoms with Gasteiger partial charge in [-0.05, 0) is 25.8 Å². The van der Waals surface area contributed by atoms with Crippen LogP contribution in [-0.2, 0) is 6.42 Å². The molecule has 1 atom stereocenters. The number of hydrogen-bond donors (Lipinski definition) is 1. The Morgan fingerprint density at radius 2 is 2.26 bits per heavy atom. The van der Waals surface area contributed by atoms with E-state index in [0.717, 1.165) is 18.8 Å². The molecule has 3 rings (SSSR count). The number of rotatable bonds is 3. The molecular weight excluding hydrogens is 238 g/mol. The number of fused-ring (bicyclic) bond motifs is 1. The third kappa shape index (κ3) is 2.38. The fourth-order valence-corrected chi connectivity index (χ4v) is 2.78. The molecule has 1 unspecified atom stereocenters. The molecule has 2 aromatic rings. The average molecular weight is 257 g/mol. The first-order valence-electron chi connectivity index (χ1n) is 6.96. The minimum Gasteiger partial charge on any atom is -0.310 e. The lowest BCUT2D eigenvalue weighted by atomic mass is 10.1. The molecule has 19 heavy (non-hydrogen) atoms. The molecule has 0 saturated carbocycles. The zero-order valence-corrected chi connectivity index (χ0v) is 11.2. The fourth-order valence-electron chi connectivity index (χ4n) is 2.78. The molecule has 0 spiro atoms. The van der Waals surface area contributed by atoms with E-state index >= 15 is 0 Å². The predicted molar refractivity (Wildman–Crippen MR) is 73.1 cm³/mol. The van der Waals surface area contributed by atoms with E-state index in [1.54, 1.807) is 18.6 Å². The summed E-state index contributed by atoms with van der Waals surface area (Å²) in [5.41, 5.74) is 2.61. The van der Waals surface area contributed by atoms with Gasteiger partial charge in [-0.25, -0.2) is 9.67 Å². The molecule has 5 heteroatoms. The van der Waals surface area contributed by atoms with E-state index in [1.165, 1.54) is 30.5 Å². The summed E-state index contributed by atoms with van der Waals surface area (Å²) >= 11 is 0. The van der Waals surface area contributed by atoms with Crippen LogP contribution >= 0.6 is 0 Å². The first kappa shape index (κ1) is 12.3. The first-order valence-corrected chi connectivity index (χ1v) is 6.96. The van der Waals surface area contributed by atoms with Crippen molar-refractivity contribution in [2.45, 2.75) is 38.6 Å². The van der Waals surface area contributed by atoms with Crippen molar-refractivity contribution in [3.63, 3.8) is 0 Å². The van der Waals surface area contributed by atoms with Crippen molar-refractivity contribution in [1.82, 2.24) is 25.1 Å². The Kier molecular flexibility index (Phi) is 3.55. The highest BCUT2D eigenvalue weighted by Gasteiger charge is 2.22. The standard InChI is InChI=1S/C14H19N5/c1-2-16-12-5-3-4-6-13-11(12)9-18-19(13)14-10-15-7-8-17-14/h7-10,12,16H,2-6H2,1H3. The third-order valence-corrected chi connectivity index (χ3v) is 3.65. The molecular formula is C14H19N5. The summed E-state index contributed by atoms with van der Waals surface area (Å²) in [6.45, 7) is 3.14. The second kappa shape index (κ2) is 5.48. The minimum absolute atomic E-state index is 0.424. The molecule has 1 aliphatic rings. The lowest BCUT2D eigenvalue weighted by Gasteiger charge is -2.15. The summed E-state index contributed by atoms with van der Waals surface area (Å²) in [4.78, 5) is 8.48. The summed E-state index contributed by atoms with van der Waals surface area (Å²) in [5, 5.41) is 8.07. The van der Waals surface area contributed by atoms with Crippen LogP contribution in [-0.4, -0.2) is 26.3 Å². The molecule has 1 N–H and O–H groups in total. The van der Waals surface area contributed by atoms with Gasteiger partial charge in [0.2, 0.25) is 0 Å². The Morgan fingerprint density at radius 1 is 1.32 bits per heavy atom. The van der Waals surface area contributed by atoms with Gasteiger partial charge in [-0.2, -0.15) is 5.10 Å². The largest absolute Gasteiger partial charge is 0.310 e. The van der Waals surface area contributed by atoms with Crippen LogP contribution in [0.1, 0.15) is 43.5 Å². The van der Waals surface area contributed by atoms with Gasteiger partial charge in [-0.3, -0.25) is 4.98 Å². The predicted octanol–water partition coefficient (Wildman–Crippen LogP) is 2.04. The number of nitrogens with zero attached hydrogens (tertiary/aromatic N) is 4. The second-order valence-corrected chi connectivity index (χ2v) is 4.88. The van der Waals surface area contributed by atoms with E-state index in [1.807, 2.05) is 10.9 Å². The van der Waals surface area contributed by atoms with E-state index in [2.05, 4.69) is 27.3 Å². The molecule has 0 saturated heterocycles. The van der Waals surface area contributed by atoms with Crippen LogP contribution in [0.5, 0.6) is 0 Å². The van der Waals surface area contributed by atoms with E-state index in [9.17, 15) is 0 Å². The van der Waals surface area contributed by atoms with Crippen molar-refractivity contribution in [2.75, 3.05) is 6.54 Å². The molecule has 0 fully saturated rings. The quantitative estimate of drug-likeness (QED) is 0.855. The topological polar surface area (TPSA) is 55.6 Å². The molecule has 5 nitrogen and oxygen atoms in total. The van der Waals surface area contributed by atoms with Gasteiger partial charge in [-0.1, -0.05) is 13.3 Å². The Bertz CT molecular complexity index is 534. The summed E-state index contributed by atoms with van der Waals surface area (Å²) in [6, 6.07) is 0.424. The first-order chi connectivity index (χ1) is 9.40. The van der Waals surface area contributed by atoms with Crippen LogP contribution < -0.4 is 5.32 Å². The van der Waals surface area contributed by atoms with Gasteiger partial charge >= 0.3 is 0 Å². The van der Waals surface area contributed by atoms with E-state index < -0.39 is 0 Å². The second-order valence-electron chi connectivity index (χ2n) is 4.88. The van der Waals surface area contributed by atoms with Crippen molar-refractivity contribution < 1.29 is 0 Å². The molecule has 2 aromatic heterocycles. The highest BCUT2D eigenvalue weighted by Crippen LogP contribution is 2.29. The van der Waals surface area contributed by atoms with Crippen molar-refractivity contribution in [3.05, 3.63) is 36.0 Å². The average Bonchev–Trinajstić information content (AvgIpc) is 2.77. The zero-order chi connectivity index (χ0) is 13.1. The van der Waals surface area contributed by atoms with Crippen molar-refractivity contribution in [2.24, 2.45) is 0 Å². The van der Waals surface area contributed by atoms with E-state index in [0.29, 0.717) is 6.04 Å². The van der Waals surface area contributed by atoms with Crippen LogP contribution in [0.4, 0.5) is 0 Å². The maximum Gasteiger partial charge on any atom is 0.172 e. The van der Waals surface area contributed by atoms with Gasteiger partial charge in [0.05, 0.1) is 18.1 Å². The van der Waals surface area contributed by atoms with E-state index in [-0.39, 0.29) is 0 Å².